The molecule has 4 nitrogen and oxygen atoms in total. The van der Waals surface area contributed by atoms with E-state index in [4.69, 9.17) is 35.4 Å². The smallest absolute Gasteiger partial charge is 0.187 e. The normalized spacial score (nSPS) is 26.5. The number of hydrogen-bond acceptors (Lipinski definition) is 3. The van der Waals surface area contributed by atoms with Crippen LogP contribution in [0.15, 0.2) is 17.2 Å². The molecule has 1 aromatic carbocycles. The van der Waals surface area contributed by atoms with E-state index in [0.717, 1.165) is 11.8 Å². The molecule has 3 rings (SSSR count). The first-order valence-electron chi connectivity index (χ1n) is 7.30. The van der Waals surface area contributed by atoms with Gasteiger partial charge < -0.3 is 10.4 Å². The first-order chi connectivity index (χ1) is 10.5. The van der Waals surface area contributed by atoms with Crippen molar-refractivity contribution in [2.24, 2.45) is 16.9 Å². The van der Waals surface area contributed by atoms with E-state index >= 15 is 0 Å². The van der Waals surface area contributed by atoms with E-state index in [-0.39, 0.29) is 10.8 Å². The minimum Gasteiger partial charge on any atom is -0.506 e. The molecular formula is C15H17Cl2N3OS. The van der Waals surface area contributed by atoms with Crippen LogP contribution in [-0.2, 0) is 0 Å². The number of nitrogens with zero attached hydrogens (tertiary/aromatic N) is 1. The van der Waals surface area contributed by atoms with Crippen LogP contribution < -0.4 is 10.7 Å². The molecule has 2 aliphatic carbocycles. The van der Waals surface area contributed by atoms with E-state index < -0.39 is 0 Å². The van der Waals surface area contributed by atoms with Gasteiger partial charge in [0, 0.05) is 16.6 Å². The first-order valence-corrected chi connectivity index (χ1v) is 8.47. The number of hydrazone groups is 1. The van der Waals surface area contributed by atoms with Gasteiger partial charge in [-0.15, -0.1) is 0 Å². The Bertz CT molecular complexity index is 623. The maximum absolute atomic E-state index is 9.83. The lowest BCUT2D eigenvalue weighted by Crippen LogP contribution is -2.42. The SMILES string of the molecule is Oc1c(Cl)cc(Cl)cc1/C=N/NC(=S)N[C@H]1C[C@@H]2CC[C@H]1C2. The topological polar surface area (TPSA) is 56.7 Å². The highest BCUT2D eigenvalue weighted by Gasteiger charge is 2.39. The van der Waals surface area contributed by atoms with Gasteiger partial charge in [0.05, 0.1) is 11.2 Å². The van der Waals surface area contributed by atoms with Gasteiger partial charge in [-0.3, -0.25) is 5.43 Å². The number of halogens is 2. The second-order valence-electron chi connectivity index (χ2n) is 5.95. The van der Waals surface area contributed by atoms with Crippen molar-refractivity contribution in [3.63, 3.8) is 0 Å². The van der Waals surface area contributed by atoms with Gasteiger partial charge in [-0.25, -0.2) is 0 Å². The van der Waals surface area contributed by atoms with Gasteiger partial charge in [0.25, 0.3) is 0 Å². The summed E-state index contributed by atoms with van der Waals surface area (Å²) in [5, 5.41) is 18.3. The number of phenolic OH excluding ortho intramolecular Hbond substituents is 1. The lowest BCUT2D eigenvalue weighted by Gasteiger charge is -2.23. The summed E-state index contributed by atoms with van der Waals surface area (Å²) in [6.45, 7) is 0. The van der Waals surface area contributed by atoms with Crippen LogP contribution in [0.1, 0.15) is 31.2 Å². The molecule has 7 heteroatoms. The maximum Gasteiger partial charge on any atom is 0.187 e. The highest BCUT2D eigenvalue weighted by atomic mass is 35.5. The summed E-state index contributed by atoms with van der Waals surface area (Å²) in [4.78, 5) is 0. The van der Waals surface area contributed by atoms with Crippen LogP contribution >= 0.6 is 35.4 Å². The lowest BCUT2D eigenvalue weighted by atomic mass is 9.96. The fourth-order valence-electron chi connectivity index (χ4n) is 3.47. The van der Waals surface area contributed by atoms with Crippen LogP contribution in [-0.4, -0.2) is 22.5 Å². The van der Waals surface area contributed by atoms with Crippen LogP contribution in [0, 0.1) is 11.8 Å². The van der Waals surface area contributed by atoms with Gasteiger partial charge in [0.1, 0.15) is 5.75 Å². The Hall–Kier alpha value is -1.04. The molecule has 0 aromatic heterocycles. The Labute approximate surface area is 144 Å². The molecule has 2 fully saturated rings. The highest BCUT2D eigenvalue weighted by molar-refractivity contribution is 7.80. The Morgan fingerprint density at radius 1 is 1.32 bits per heavy atom. The standard InChI is InChI=1S/C15H17Cl2N3OS/c16-11-5-10(14(21)12(17)6-11)7-18-20-15(22)19-13-4-8-1-2-9(13)3-8/h5-9,13,21H,1-4H2,(H2,19,20,22)/b18-7+/t8-,9+,13+/m1/s1. The Morgan fingerprint density at radius 3 is 2.82 bits per heavy atom. The molecule has 0 radical (unpaired) electrons. The number of hydrogen-bond donors (Lipinski definition) is 3. The zero-order valence-corrected chi connectivity index (χ0v) is 14.2. The Balaban J connectivity index is 1.55. The second kappa shape index (κ2) is 6.60. The lowest BCUT2D eigenvalue weighted by molar-refractivity contribution is 0.389. The third-order valence-corrected chi connectivity index (χ3v) is 5.20. The molecule has 0 heterocycles. The van der Waals surface area contributed by atoms with Gasteiger partial charge in [-0.1, -0.05) is 29.6 Å². The van der Waals surface area contributed by atoms with Gasteiger partial charge >= 0.3 is 0 Å². The van der Waals surface area contributed by atoms with Gasteiger partial charge in [0.15, 0.2) is 5.11 Å². The molecule has 118 valence electrons. The minimum atomic E-state index is -0.0522. The molecule has 3 atom stereocenters. The highest BCUT2D eigenvalue weighted by Crippen LogP contribution is 2.44. The maximum atomic E-state index is 9.83. The van der Waals surface area contributed by atoms with Crippen LogP contribution in [0.4, 0.5) is 0 Å². The van der Waals surface area contributed by atoms with Crippen LogP contribution in [0.5, 0.6) is 5.75 Å². The summed E-state index contributed by atoms with van der Waals surface area (Å²) in [5.41, 5.74) is 3.21. The molecule has 2 aliphatic rings. The fourth-order valence-corrected chi connectivity index (χ4v) is 4.18. The molecular weight excluding hydrogens is 341 g/mol. The zero-order valence-electron chi connectivity index (χ0n) is 11.9. The third kappa shape index (κ3) is 3.47. The monoisotopic (exact) mass is 357 g/mol. The predicted molar refractivity (Wildman–Crippen MR) is 93.8 cm³/mol. The Morgan fingerprint density at radius 2 is 2.14 bits per heavy atom. The van der Waals surface area contributed by atoms with Crippen molar-refractivity contribution in [3.8, 4) is 5.75 Å². The van der Waals surface area contributed by atoms with Crippen molar-refractivity contribution >= 4 is 46.7 Å². The number of fused-ring (bicyclic) bond motifs is 2. The van der Waals surface area contributed by atoms with Crippen molar-refractivity contribution in [2.45, 2.75) is 31.7 Å². The molecule has 2 saturated carbocycles. The molecule has 3 N–H and O–H groups in total. The average molecular weight is 358 g/mol. The zero-order chi connectivity index (χ0) is 15.7. The second-order valence-corrected chi connectivity index (χ2v) is 7.20. The molecule has 0 amide bonds. The molecule has 2 bridgehead atoms. The molecule has 0 spiro atoms. The number of aromatic hydroxyl groups is 1. The van der Waals surface area contributed by atoms with Crippen LogP contribution in [0.2, 0.25) is 10.0 Å². The number of thiocarbonyl (C=S) groups is 1. The molecule has 22 heavy (non-hydrogen) atoms. The summed E-state index contributed by atoms with van der Waals surface area (Å²) >= 11 is 17.0. The first kappa shape index (κ1) is 15.8. The molecule has 1 aromatic rings. The van der Waals surface area contributed by atoms with Gasteiger partial charge in [-0.05, 0) is 55.4 Å². The minimum absolute atomic E-state index is 0.0522. The van der Waals surface area contributed by atoms with E-state index in [0.29, 0.717) is 21.7 Å². The third-order valence-electron chi connectivity index (χ3n) is 4.48. The summed E-state index contributed by atoms with van der Waals surface area (Å²) < 4.78 is 0. The van der Waals surface area contributed by atoms with E-state index in [2.05, 4.69) is 15.8 Å². The quantitative estimate of drug-likeness (QED) is 0.438. The van der Waals surface area contributed by atoms with E-state index in [9.17, 15) is 5.11 Å². The van der Waals surface area contributed by atoms with Gasteiger partial charge in [-0.2, -0.15) is 5.10 Å². The van der Waals surface area contributed by atoms with Crippen molar-refractivity contribution in [1.29, 1.82) is 0 Å². The largest absolute Gasteiger partial charge is 0.506 e. The summed E-state index contributed by atoms with van der Waals surface area (Å²) in [6, 6.07) is 3.52. The van der Waals surface area contributed by atoms with Crippen molar-refractivity contribution in [2.75, 3.05) is 0 Å². The van der Waals surface area contributed by atoms with Gasteiger partial charge in [0.2, 0.25) is 0 Å². The number of benzene rings is 1. The number of phenols is 1. The van der Waals surface area contributed by atoms with Crippen LogP contribution in [0.25, 0.3) is 0 Å². The fraction of sp³-hybridized carbons (Fsp3) is 0.467. The van der Waals surface area contributed by atoms with Crippen molar-refractivity contribution < 1.29 is 5.11 Å². The molecule has 0 unspecified atom stereocenters. The predicted octanol–water partition coefficient (Wildman–Crippen LogP) is 3.69. The summed E-state index contributed by atoms with van der Waals surface area (Å²) in [5.74, 6) is 1.55. The average Bonchev–Trinajstić information content (AvgIpc) is 3.06. The van der Waals surface area contributed by atoms with E-state index in [1.165, 1.54) is 38.0 Å². The van der Waals surface area contributed by atoms with Crippen molar-refractivity contribution in [1.82, 2.24) is 10.7 Å². The Kier molecular flexibility index (Phi) is 4.76. The summed E-state index contributed by atoms with van der Waals surface area (Å²) in [7, 11) is 0. The van der Waals surface area contributed by atoms with Crippen LogP contribution in [0.3, 0.4) is 0 Å². The number of nitrogens with one attached hydrogen (secondary N) is 2. The summed E-state index contributed by atoms with van der Waals surface area (Å²) in [6.07, 6.45) is 6.61. The number of rotatable bonds is 3. The van der Waals surface area contributed by atoms with E-state index in [1.807, 2.05) is 0 Å². The van der Waals surface area contributed by atoms with E-state index in [1.54, 1.807) is 6.07 Å². The van der Waals surface area contributed by atoms with Crippen molar-refractivity contribution in [3.05, 3.63) is 27.7 Å². The molecule has 0 saturated heterocycles. The molecule has 0 aliphatic heterocycles.